The van der Waals surface area contributed by atoms with Crippen LogP contribution in [0.1, 0.15) is 21.0 Å². The van der Waals surface area contributed by atoms with Gasteiger partial charge in [-0.15, -0.1) is 34.0 Å². The Morgan fingerprint density at radius 2 is 1.22 bits per heavy atom. The van der Waals surface area contributed by atoms with Crippen LogP contribution in [-0.4, -0.2) is 61.3 Å². The first-order chi connectivity index (χ1) is 31.2. The number of anilines is 2. The van der Waals surface area contributed by atoms with E-state index in [9.17, 15) is 31.5 Å². The zero-order chi connectivity index (χ0) is 47.0. The largest absolute Gasteiger partial charge is 0.491 e. The number of carbonyl (C=O) groups is 2. The van der Waals surface area contributed by atoms with Gasteiger partial charge in [0.2, 0.25) is 0 Å². The molecule has 0 unspecified atom stereocenters. The van der Waals surface area contributed by atoms with E-state index < -0.39 is 12.9 Å². The van der Waals surface area contributed by atoms with Crippen LogP contribution in [-0.2, 0) is 7.05 Å². The lowest BCUT2D eigenvalue weighted by Crippen LogP contribution is -2.32. The van der Waals surface area contributed by atoms with Crippen molar-refractivity contribution in [2.24, 2.45) is 7.05 Å². The van der Waals surface area contributed by atoms with Crippen LogP contribution < -0.4 is 16.5 Å². The maximum Gasteiger partial charge on any atom is 0.491 e. The molecule has 4 aromatic heterocycles. The van der Waals surface area contributed by atoms with E-state index in [1.165, 1.54) is 101 Å². The third-order valence-electron chi connectivity index (χ3n) is 8.51. The first kappa shape index (κ1) is 49.5. The quantitative estimate of drug-likeness (QED) is 0.0522. The highest BCUT2D eigenvalue weighted by atomic mass is 79.9. The molecule has 0 atom stereocenters. The molecule has 0 amide bonds. The number of nitrogens with zero attached hydrogens (tertiary/aromatic N) is 5. The van der Waals surface area contributed by atoms with Crippen LogP contribution in [0, 0.1) is 29.1 Å². The smallest absolute Gasteiger partial charge is 0.423 e. The third kappa shape index (κ3) is 13.8. The monoisotopic (exact) mass is 1010 g/mol. The fourth-order valence-corrected chi connectivity index (χ4v) is 7.96. The van der Waals surface area contributed by atoms with Crippen molar-refractivity contribution in [1.82, 2.24) is 24.5 Å². The number of thiazole rings is 3. The second kappa shape index (κ2) is 24.0. The first-order valence-corrected chi connectivity index (χ1v) is 22.0. The number of halogens is 6. The van der Waals surface area contributed by atoms with E-state index in [1.54, 1.807) is 64.8 Å². The van der Waals surface area contributed by atoms with Crippen molar-refractivity contribution in [1.29, 1.82) is 0 Å². The number of rotatable bonds is 7. The number of imidazole rings is 1. The molecule has 0 fully saturated rings. The van der Waals surface area contributed by atoms with Crippen molar-refractivity contribution in [2.45, 2.75) is 0 Å². The number of nitrogens with two attached hydrogens (primary N) is 1. The zero-order valence-electron chi connectivity index (χ0n) is 33.9. The Morgan fingerprint density at radius 3 is 1.72 bits per heavy atom. The van der Waals surface area contributed by atoms with Gasteiger partial charge < -0.3 is 25.7 Å². The Morgan fingerprint density at radius 1 is 0.677 bits per heavy atom. The molecule has 0 spiro atoms. The molecule has 9 rings (SSSR count). The maximum absolute atomic E-state index is 13.9. The molecule has 0 aliphatic heterocycles. The van der Waals surface area contributed by atoms with Gasteiger partial charge in [-0.05, 0) is 82.7 Å². The number of aromatic nitrogens is 5. The highest BCUT2D eigenvalue weighted by Gasteiger charge is 2.16. The SMILES string of the molecule is CNc1cc(F)ccc1N.Cn1c(-c2csc(-c3ccccc3F)n2)nc2ccc(F)cc21.O=Cc1csc(-c2ccccc2F)n1.O=Cc1csc(Br)n1.OB(O)c1ccccc1F. The average molecular weight is 1010 g/mol. The molecule has 0 saturated heterocycles. The Bertz CT molecular complexity index is 3000. The number of carbonyl (C=O) groups excluding carboxylic acids is 2. The van der Waals surface area contributed by atoms with Gasteiger partial charge >= 0.3 is 7.12 Å². The molecule has 5 N–H and O–H groups in total. The highest BCUT2D eigenvalue weighted by molar-refractivity contribution is 9.11. The van der Waals surface area contributed by atoms with E-state index in [0.29, 0.717) is 72.7 Å². The Hall–Kier alpha value is -6.49. The lowest BCUT2D eigenvalue weighted by atomic mass is 9.80. The second-order valence-electron chi connectivity index (χ2n) is 12.8. The van der Waals surface area contributed by atoms with Crippen molar-refractivity contribution in [2.75, 3.05) is 18.1 Å². The average Bonchev–Trinajstić information content (AvgIpc) is 4.14. The van der Waals surface area contributed by atoms with Crippen LogP contribution in [0.15, 0.2) is 129 Å². The summed E-state index contributed by atoms with van der Waals surface area (Å²) in [7, 11) is 1.79. The summed E-state index contributed by atoms with van der Waals surface area (Å²) in [5.74, 6) is -1.18. The summed E-state index contributed by atoms with van der Waals surface area (Å²) in [5.41, 5.74) is 10.3. The molecular weight excluding hydrogens is 972 g/mol. The predicted octanol–water partition coefficient (Wildman–Crippen LogP) is 10.1. The molecule has 0 radical (unpaired) electrons. The molecule has 11 nitrogen and oxygen atoms in total. The first-order valence-electron chi connectivity index (χ1n) is 18.6. The number of hydrogen-bond acceptors (Lipinski definition) is 13. The number of aryl methyl sites for hydroxylation is 1. The van der Waals surface area contributed by atoms with E-state index in [4.69, 9.17) is 15.8 Å². The minimum atomic E-state index is -1.72. The number of aldehydes is 2. The molecule has 0 bridgehead atoms. The Labute approximate surface area is 389 Å². The Balaban J connectivity index is 0.000000163. The summed E-state index contributed by atoms with van der Waals surface area (Å²) in [6.45, 7) is 0. The van der Waals surface area contributed by atoms with Crippen molar-refractivity contribution in [3.8, 4) is 32.7 Å². The van der Waals surface area contributed by atoms with Gasteiger partial charge in [0.1, 0.15) is 56.2 Å². The number of nitrogens with one attached hydrogen (secondary N) is 1. The lowest BCUT2D eigenvalue weighted by molar-refractivity contribution is 0.111. The molecule has 21 heteroatoms. The van der Waals surface area contributed by atoms with Crippen molar-refractivity contribution >= 4 is 97.5 Å². The number of benzene rings is 5. The second-order valence-corrected chi connectivity index (χ2v) is 16.7. The van der Waals surface area contributed by atoms with Crippen molar-refractivity contribution < 1.29 is 41.6 Å². The fourth-order valence-electron chi connectivity index (χ4n) is 5.37. The molecule has 65 heavy (non-hydrogen) atoms. The van der Waals surface area contributed by atoms with Crippen LogP contribution in [0.3, 0.4) is 0 Å². The predicted molar refractivity (Wildman–Crippen MR) is 252 cm³/mol. The maximum atomic E-state index is 13.9. The molecule has 0 saturated carbocycles. The molecule has 332 valence electrons. The van der Waals surface area contributed by atoms with Crippen LogP contribution in [0.25, 0.3) is 43.7 Å². The number of hydrogen-bond donors (Lipinski definition) is 4. The molecule has 0 aliphatic rings. The summed E-state index contributed by atoms with van der Waals surface area (Å²) >= 11 is 7.14. The lowest BCUT2D eigenvalue weighted by Gasteiger charge is -2.02. The zero-order valence-corrected chi connectivity index (χ0v) is 37.9. The van der Waals surface area contributed by atoms with Crippen LogP contribution >= 0.6 is 49.9 Å². The third-order valence-corrected chi connectivity index (χ3v) is 11.7. The number of fused-ring (bicyclic) bond motifs is 1. The highest BCUT2D eigenvalue weighted by Crippen LogP contribution is 2.31. The molecular formula is C44H34BBrF5N7O4S3. The normalized spacial score (nSPS) is 10.2. The summed E-state index contributed by atoms with van der Waals surface area (Å²) < 4.78 is 68.0. The standard InChI is InChI=1S/C17H11F2N3S.C10H6FNOS.C7H9FN2.C6H6BFO2.C4H2BrNOS/c1-22-15-8-10(18)6-7-13(15)20-16(22)14-9-23-17(21-14)11-4-2-3-5-12(11)19;11-9-4-2-1-3-8(9)10-12-7(5-13)6-14-10;1-10-7-4-5(8)2-3-6(7)9;8-6-4-2-1-3-5(6)7(9)10;5-4-6-3(1-7)2-8-4/h2-9H,1H3;1-6H;2-4,10H,9H2,1H3;1-4,9-10H;1-2H. The van der Waals surface area contributed by atoms with E-state index >= 15 is 0 Å². The van der Waals surface area contributed by atoms with Gasteiger partial charge in [0, 0.05) is 46.8 Å². The van der Waals surface area contributed by atoms with Crippen LogP contribution in [0.2, 0.25) is 0 Å². The fraction of sp³-hybridized carbons (Fsp3) is 0.0455. The van der Waals surface area contributed by atoms with Gasteiger partial charge in [0.15, 0.2) is 22.3 Å². The van der Waals surface area contributed by atoms with Gasteiger partial charge in [-0.2, -0.15) is 0 Å². The van der Waals surface area contributed by atoms with E-state index in [1.807, 2.05) is 12.4 Å². The summed E-state index contributed by atoms with van der Waals surface area (Å²) in [4.78, 5) is 37.1. The van der Waals surface area contributed by atoms with Gasteiger partial charge in [-0.3, -0.25) is 9.59 Å². The van der Waals surface area contributed by atoms with Crippen LogP contribution in [0.5, 0.6) is 0 Å². The van der Waals surface area contributed by atoms with Gasteiger partial charge in [-0.1, -0.05) is 42.5 Å². The minimum absolute atomic E-state index is 0.0949. The van der Waals surface area contributed by atoms with Gasteiger partial charge in [-0.25, -0.2) is 41.9 Å². The van der Waals surface area contributed by atoms with E-state index in [2.05, 4.69) is 41.2 Å². The molecule has 5 aromatic carbocycles. The van der Waals surface area contributed by atoms with Crippen molar-refractivity contribution in [3.63, 3.8) is 0 Å². The van der Waals surface area contributed by atoms with Gasteiger partial charge in [0.25, 0.3) is 0 Å². The molecule has 9 aromatic rings. The molecule has 0 aliphatic carbocycles. The van der Waals surface area contributed by atoms with Crippen LogP contribution in [0.4, 0.5) is 33.3 Å². The topological polar surface area (TPSA) is 169 Å². The molecule has 4 heterocycles. The summed E-state index contributed by atoms with van der Waals surface area (Å²) in [6, 6.07) is 27.1. The summed E-state index contributed by atoms with van der Waals surface area (Å²) in [5, 5.41) is 26.1. The van der Waals surface area contributed by atoms with E-state index in [0.717, 1.165) is 10.2 Å². The van der Waals surface area contributed by atoms with Crippen molar-refractivity contribution in [3.05, 3.63) is 170 Å². The minimum Gasteiger partial charge on any atom is -0.423 e. The summed E-state index contributed by atoms with van der Waals surface area (Å²) in [6.07, 6.45) is 1.38. The van der Waals surface area contributed by atoms with E-state index in [-0.39, 0.29) is 28.7 Å². The Kier molecular flexibility index (Phi) is 18.3. The number of nitrogen functional groups attached to an aromatic ring is 1. The van der Waals surface area contributed by atoms with Gasteiger partial charge in [0.05, 0.1) is 22.4 Å².